The van der Waals surface area contributed by atoms with Gasteiger partial charge in [0.2, 0.25) is 0 Å². The van der Waals surface area contributed by atoms with E-state index in [9.17, 15) is 14.4 Å². The predicted octanol–water partition coefficient (Wildman–Crippen LogP) is 20.6. The topological polar surface area (TPSA) is 78.9 Å². The predicted molar refractivity (Wildman–Crippen MR) is 302 cm³/mol. The van der Waals surface area contributed by atoms with Gasteiger partial charge in [0.25, 0.3) is 0 Å². The first-order valence-electron chi connectivity index (χ1n) is 30.6. The number of carbonyl (C=O) groups excluding carboxylic acids is 3. The van der Waals surface area contributed by atoms with E-state index in [1.165, 1.54) is 199 Å². The van der Waals surface area contributed by atoms with Gasteiger partial charge in [0.05, 0.1) is 0 Å². The van der Waals surface area contributed by atoms with Crippen LogP contribution in [0.4, 0.5) is 0 Å². The van der Waals surface area contributed by atoms with Gasteiger partial charge in [-0.25, -0.2) is 0 Å². The summed E-state index contributed by atoms with van der Waals surface area (Å²) in [5.74, 6) is -0.869. The Labute approximate surface area is 435 Å². The normalized spacial score (nSPS) is 12.3. The van der Waals surface area contributed by atoms with Crippen molar-refractivity contribution in [1.29, 1.82) is 0 Å². The third-order valence-corrected chi connectivity index (χ3v) is 13.6. The molecule has 0 radical (unpaired) electrons. The summed E-state index contributed by atoms with van der Waals surface area (Å²) >= 11 is 0. The Morgan fingerprint density at radius 3 is 0.886 bits per heavy atom. The molecular weight excluding hydrogens is 865 g/mol. The number of hydrogen-bond acceptors (Lipinski definition) is 6. The van der Waals surface area contributed by atoms with Crippen molar-refractivity contribution in [2.45, 2.75) is 329 Å². The highest BCUT2D eigenvalue weighted by Crippen LogP contribution is 2.17. The van der Waals surface area contributed by atoms with Crippen LogP contribution in [-0.2, 0) is 28.6 Å². The Bertz CT molecular complexity index is 1220. The first kappa shape index (κ1) is 67.4. The zero-order valence-corrected chi connectivity index (χ0v) is 46.8. The second kappa shape index (κ2) is 58.9. The van der Waals surface area contributed by atoms with E-state index in [0.717, 1.165) is 83.5 Å². The first-order chi connectivity index (χ1) is 34.5. The number of allylic oxidation sites excluding steroid dienone is 8. The molecule has 0 fully saturated rings. The molecule has 0 aromatic heterocycles. The molecule has 0 aliphatic heterocycles. The summed E-state index contributed by atoms with van der Waals surface area (Å²) in [4.78, 5) is 38.1. The van der Waals surface area contributed by atoms with Gasteiger partial charge < -0.3 is 14.2 Å². The van der Waals surface area contributed by atoms with E-state index >= 15 is 0 Å². The van der Waals surface area contributed by atoms with Crippen LogP contribution >= 0.6 is 0 Å². The Morgan fingerprint density at radius 1 is 0.300 bits per heavy atom. The van der Waals surface area contributed by atoms with Crippen LogP contribution in [0.1, 0.15) is 323 Å². The molecule has 408 valence electrons. The minimum Gasteiger partial charge on any atom is -0.462 e. The lowest BCUT2D eigenvalue weighted by molar-refractivity contribution is -0.167. The number of unbranched alkanes of at least 4 members (excludes halogenated alkanes) is 37. The fraction of sp³-hybridized carbons (Fsp3) is 0.828. The zero-order valence-electron chi connectivity index (χ0n) is 46.8. The Balaban J connectivity index is 4.20. The molecule has 0 rings (SSSR count). The SMILES string of the molecule is CC/C=C\C/C=C\C/C=C\CCCCCCCCCC(=O)OC(COC(=O)CCCCCCCCCCCC)COC(=O)CCCCCCCCCCCCCCC/C=C\CCCCCCCCCC. The quantitative estimate of drug-likeness (QED) is 0.0261. The van der Waals surface area contributed by atoms with Crippen LogP contribution in [0.25, 0.3) is 0 Å². The van der Waals surface area contributed by atoms with Gasteiger partial charge in [-0.15, -0.1) is 0 Å². The van der Waals surface area contributed by atoms with E-state index in [2.05, 4.69) is 69.4 Å². The maximum absolute atomic E-state index is 12.8. The molecule has 6 nitrogen and oxygen atoms in total. The van der Waals surface area contributed by atoms with Gasteiger partial charge in [-0.2, -0.15) is 0 Å². The van der Waals surface area contributed by atoms with Crippen molar-refractivity contribution in [2.24, 2.45) is 0 Å². The Kier molecular flexibility index (Phi) is 56.7. The molecule has 0 aromatic carbocycles. The van der Waals surface area contributed by atoms with Crippen LogP contribution in [0, 0.1) is 0 Å². The van der Waals surface area contributed by atoms with Crippen LogP contribution in [0.15, 0.2) is 48.6 Å². The number of rotatable bonds is 56. The van der Waals surface area contributed by atoms with E-state index in [1.54, 1.807) is 0 Å². The molecule has 0 spiro atoms. The molecule has 1 atom stereocenters. The minimum atomic E-state index is -0.775. The second-order valence-corrected chi connectivity index (χ2v) is 20.6. The second-order valence-electron chi connectivity index (χ2n) is 20.6. The molecule has 0 aliphatic carbocycles. The monoisotopic (exact) mass is 981 g/mol. The average molecular weight is 982 g/mol. The Morgan fingerprint density at radius 2 is 0.557 bits per heavy atom. The molecule has 70 heavy (non-hydrogen) atoms. The Hall–Kier alpha value is -2.63. The number of ether oxygens (including phenoxy) is 3. The number of carbonyl (C=O) groups is 3. The lowest BCUT2D eigenvalue weighted by Gasteiger charge is -2.18. The third kappa shape index (κ3) is 56.3. The van der Waals surface area contributed by atoms with E-state index in [4.69, 9.17) is 14.2 Å². The maximum Gasteiger partial charge on any atom is 0.306 e. The molecule has 0 saturated carbocycles. The largest absolute Gasteiger partial charge is 0.462 e. The summed E-state index contributed by atoms with van der Waals surface area (Å²) in [6.45, 7) is 6.55. The highest BCUT2D eigenvalue weighted by Gasteiger charge is 2.19. The van der Waals surface area contributed by atoms with Gasteiger partial charge in [-0.1, -0.05) is 275 Å². The van der Waals surface area contributed by atoms with Crippen LogP contribution in [0.3, 0.4) is 0 Å². The van der Waals surface area contributed by atoms with E-state index in [1.807, 2.05) is 0 Å². The van der Waals surface area contributed by atoms with Crippen molar-refractivity contribution in [3.63, 3.8) is 0 Å². The molecule has 0 bridgehead atoms. The van der Waals surface area contributed by atoms with E-state index in [0.29, 0.717) is 19.3 Å². The highest BCUT2D eigenvalue weighted by atomic mass is 16.6. The van der Waals surface area contributed by atoms with E-state index in [-0.39, 0.29) is 31.1 Å². The average Bonchev–Trinajstić information content (AvgIpc) is 3.36. The fourth-order valence-corrected chi connectivity index (χ4v) is 8.98. The van der Waals surface area contributed by atoms with E-state index < -0.39 is 6.10 Å². The molecule has 0 aliphatic rings. The summed E-state index contributed by atoms with van der Waals surface area (Å²) in [5, 5.41) is 0. The van der Waals surface area contributed by atoms with Crippen molar-refractivity contribution >= 4 is 17.9 Å². The van der Waals surface area contributed by atoms with Gasteiger partial charge in [0, 0.05) is 19.3 Å². The smallest absolute Gasteiger partial charge is 0.306 e. The lowest BCUT2D eigenvalue weighted by Crippen LogP contribution is -2.30. The third-order valence-electron chi connectivity index (χ3n) is 13.6. The molecule has 0 N–H and O–H groups in total. The van der Waals surface area contributed by atoms with Crippen molar-refractivity contribution in [3.8, 4) is 0 Å². The molecule has 6 heteroatoms. The highest BCUT2D eigenvalue weighted by molar-refractivity contribution is 5.71. The lowest BCUT2D eigenvalue weighted by atomic mass is 10.0. The van der Waals surface area contributed by atoms with Gasteiger partial charge in [-0.05, 0) is 77.0 Å². The summed E-state index contributed by atoms with van der Waals surface area (Å²) in [6.07, 6.45) is 72.7. The zero-order chi connectivity index (χ0) is 50.7. The van der Waals surface area contributed by atoms with Crippen molar-refractivity contribution in [3.05, 3.63) is 48.6 Å². The number of hydrogen-bond donors (Lipinski definition) is 0. The van der Waals surface area contributed by atoms with Crippen LogP contribution in [0.5, 0.6) is 0 Å². The summed E-state index contributed by atoms with van der Waals surface area (Å²) < 4.78 is 16.9. The molecule has 0 aromatic rings. The molecule has 0 heterocycles. The van der Waals surface area contributed by atoms with Crippen molar-refractivity contribution in [1.82, 2.24) is 0 Å². The summed E-state index contributed by atoms with van der Waals surface area (Å²) in [5.41, 5.74) is 0. The molecule has 0 saturated heterocycles. The minimum absolute atomic E-state index is 0.0739. The first-order valence-corrected chi connectivity index (χ1v) is 30.6. The van der Waals surface area contributed by atoms with Crippen molar-refractivity contribution < 1.29 is 28.6 Å². The van der Waals surface area contributed by atoms with Gasteiger partial charge in [0.1, 0.15) is 13.2 Å². The number of esters is 3. The van der Waals surface area contributed by atoms with Crippen LogP contribution in [0.2, 0.25) is 0 Å². The standard InChI is InChI=1S/C64H116O6/c1-4-7-10-13-16-19-22-24-26-28-29-30-31-32-33-34-35-37-38-40-42-45-48-51-54-57-63(66)69-60-61(59-68-62(65)56-53-50-47-44-21-18-15-12-9-6-3)70-64(67)58-55-52-49-46-43-41-39-36-27-25-23-20-17-14-11-8-5-2/h8,11,17,20,25,27-29,61H,4-7,9-10,12-16,18-19,21-24,26,30-60H2,1-3H3/b11-8-,20-17-,27-25-,29-28-. The molecule has 0 amide bonds. The fourth-order valence-electron chi connectivity index (χ4n) is 8.98. The van der Waals surface area contributed by atoms with Crippen LogP contribution in [-0.4, -0.2) is 37.2 Å². The molecular formula is C64H116O6. The molecule has 1 unspecified atom stereocenters. The van der Waals surface area contributed by atoms with Gasteiger partial charge >= 0.3 is 17.9 Å². The van der Waals surface area contributed by atoms with Gasteiger partial charge in [0.15, 0.2) is 6.10 Å². The van der Waals surface area contributed by atoms with Crippen molar-refractivity contribution in [2.75, 3.05) is 13.2 Å². The maximum atomic E-state index is 12.8. The van der Waals surface area contributed by atoms with Gasteiger partial charge in [-0.3, -0.25) is 14.4 Å². The van der Waals surface area contributed by atoms with Crippen LogP contribution < -0.4 is 0 Å². The summed E-state index contributed by atoms with van der Waals surface area (Å²) in [7, 11) is 0. The summed E-state index contributed by atoms with van der Waals surface area (Å²) in [6, 6.07) is 0.